The van der Waals surface area contributed by atoms with Crippen molar-refractivity contribution < 1.29 is 13.4 Å². The van der Waals surface area contributed by atoms with Gasteiger partial charge in [-0.15, -0.1) is 0 Å². The van der Waals surface area contributed by atoms with Crippen LogP contribution in [0.15, 0.2) is 22.7 Å². The first-order valence-electron chi connectivity index (χ1n) is 4.97. The molecule has 2 atom stereocenters. The lowest BCUT2D eigenvalue weighted by Crippen LogP contribution is -2.33. The Labute approximate surface area is 110 Å². The molecule has 6 heteroatoms. The SMILES string of the molecule is CC(CNC(=O)c1cc(Br)ccc1F)S(C)=O. The van der Waals surface area contributed by atoms with Crippen LogP contribution >= 0.6 is 15.9 Å². The molecule has 0 bridgehead atoms. The second-order valence-electron chi connectivity index (χ2n) is 3.64. The molecule has 1 amide bonds. The van der Waals surface area contributed by atoms with Crippen LogP contribution < -0.4 is 5.32 Å². The average molecular weight is 322 g/mol. The molecule has 1 aromatic rings. The van der Waals surface area contributed by atoms with Gasteiger partial charge in [0.05, 0.1) is 5.56 Å². The summed E-state index contributed by atoms with van der Waals surface area (Å²) in [5.74, 6) is -1.07. The van der Waals surface area contributed by atoms with E-state index >= 15 is 0 Å². The zero-order chi connectivity index (χ0) is 13.0. The van der Waals surface area contributed by atoms with Gasteiger partial charge < -0.3 is 5.32 Å². The second kappa shape index (κ2) is 6.26. The summed E-state index contributed by atoms with van der Waals surface area (Å²) in [6, 6.07) is 4.16. The Balaban J connectivity index is 2.70. The minimum Gasteiger partial charge on any atom is -0.351 e. The summed E-state index contributed by atoms with van der Waals surface area (Å²) in [6.07, 6.45) is 1.57. The van der Waals surface area contributed by atoms with E-state index < -0.39 is 22.5 Å². The second-order valence-corrected chi connectivity index (χ2v) is 6.36. The Hall–Kier alpha value is -0.750. The molecule has 0 saturated heterocycles. The molecule has 0 radical (unpaired) electrons. The minimum atomic E-state index is -1.01. The van der Waals surface area contributed by atoms with Crippen LogP contribution in [0.2, 0.25) is 0 Å². The summed E-state index contributed by atoms with van der Waals surface area (Å²) in [7, 11) is -1.01. The van der Waals surface area contributed by atoms with Gasteiger partial charge in [0.1, 0.15) is 5.82 Å². The van der Waals surface area contributed by atoms with Gasteiger partial charge in [-0.2, -0.15) is 0 Å². The lowest BCUT2D eigenvalue weighted by molar-refractivity contribution is 0.0950. The zero-order valence-electron chi connectivity index (χ0n) is 9.50. The highest BCUT2D eigenvalue weighted by atomic mass is 79.9. The van der Waals surface area contributed by atoms with Crippen molar-refractivity contribution in [1.82, 2.24) is 5.32 Å². The van der Waals surface area contributed by atoms with E-state index in [9.17, 15) is 13.4 Å². The Kier molecular flexibility index (Phi) is 5.27. The van der Waals surface area contributed by atoms with Gasteiger partial charge in [0.2, 0.25) is 0 Å². The lowest BCUT2D eigenvalue weighted by Gasteiger charge is -2.10. The number of hydrogen-bond donors (Lipinski definition) is 1. The maximum Gasteiger partial charge on any atom is 0.254 e. The van der Waals surface area contributed by atoms with E-state index in [1.165, 1.54) is 18.2 Å². The van der Waals surface area contributed by atoms with E-state index in [-0.39, 0.29) is 17.4 Å². The van der Waals surface area contributed by atoms with Crippen molar-refractivity contribution in [1.29, 1.82) is 0 Å². The third-order valence-electron chi connectivity index (χ3n) is 2.29. The van der Waals surface area contributed by atoms with Crippen molar-refractivity contribution in [3.05, 3.63) is 34.1 Å². The predicted molar refractivity (Wildman–Crippen MR) is 70.0 cm³/mol. The van der Waals surface area contributed by atoms with E-state index in [1.807, 2.05) is 0 Å². The molecule has 94 valence electrons. The number of benzene rings is 1. The molecule has 0 saturated carbocycles. The molecule has 3 nitrogen and oxygen atoms in total. The first-order chi connectivity index (χ1) is 7.91. The molecule has 0 fully saturated rings. The van der Waals surface area contributed by atoms with Crippen molar-refractivity contribution in [3.63, 3.8) is 0 Å². The minimum absolute atomic E-state index is 0.0199. The van der Waals surface area contributed by atoms with E-state index in [0.717, 1.165) is 0 Å². The van der Waals surface area contributed by atoms with Crippen LogP contribution in [0.1, 0.15) is 17.3 Å². The summed E-state index contributed by atoms with van der Waals surface area (Å²) < 4.78 is 25.1. The van der Waals surface area contributed by atoms with Gasteiger partial charge in [0.25, 0.3) is 5.91 Å². The normalized spacial score (nSPS) is 14.1. The molecule has 0 aliphatic carbocycles. The third-order valence-corrected chi connectivity index (χ3v) is 4.08. The number of rotatable bonds is 4. The third kappa shape index (κ3) is 4.20. The van der Waals surface area contributed by atoms with Crippen LogP contribution in [-0.4, -0.2) is 28.2 Å². The highest BCUT2D eigenvalue weighted by Gasteiger charge is 2.14. The zero-order valence-corrected chi connectivity index (χ0v) is 11.9. The summed E-state index contributed by atoms with van der Waals surface area (Å²) >= 11 is 3.17. The van der Waals surface area contributed by atoms with Gasteiger partial charge in [-0.25, -0.2) is 4.39 Å². The van der Waals surface area contributed by atoms with Crippen molar-refractivity contribution >= 4 is 32.6 Å². The van der Waals surface area contributed by atoms with E-state index in [4.69, 9.17) is 0 Å². The van der Waals surface area contributed by atoms with Gasteiger partial charge in [0.15, 0.2) is 0 Å². The Bertz CT molecular complexity index is 453. The maximum atomic E-state index is 13.4. The topological polar surface area (TPSA) is 46.2 Å². The van der Waals surface area contributed by atoms with Gasteiger partial charge in [-0.3, -0.25) is 9.00 Å². The summed E-state index contributed by atoms with van der Waals surface area (Å²) in [4.78, 5) is 11.7. The van der Waals surface area contributed by atoms with Crippen LogP contribution in [0, 0.1) is 5.82 Å². The fourth-order valence-corrected chi connectivity index (χ4v) is 1.80. The molecule has 0 aliphatic rings. The number of amides is 1. The largest absolute Gasteiger partial charge is 0.351 e. The molecule has 0 aliphatic heterocycles. The van der Waals surface area contributed by atoms with Gasteiger partial charge >= 0.3 is 0 Å². The Morgan fingerprint density at radius 1 is 1.59 bits per heavy atom. The van der Waals surface area contributed by atoms with Crippen LogP contribution in [0.25, 0.3) is 0 Å². The molecular formula is C11H13BrFNO2S. The number of hydrogen-bond acceptors (Lipinski definition) is 2. The first kappa shape index (κ1) is 14.3. The molecule has 1 aromatic carbocycles. The summed E-state index contributed by atoms with van der Waals surface area (Å²) in [6.45, 7) is 2.02. The first-order valence-corrected chi connectivity index (χ1v) is 7.38. The van der Waals surface area contributed by atoms with Crippen LogP contribution in [-0.2, 0) is 10.8 Å². The molecule has 17 heavy (non-hydrogen) atoms. The molecule has 1 N–H and O–H groups in total. The van der Waals surface area contributed by atoms with Crippen LogP contribution in [0.5, 0.6) is 0 Å². The quantitative estimate of drug-likeness (QED) is 0.923. The van der Waals surface area contributed by atoms with Crippen LogP contribution in [0.4, 0.5) is 4.39 Å². The highest BCUT2D eigenvalue weighted by Crippen LogP contribution is 2.15. The monoisotopic (exact) mass is 321 g/mol. The number of nitrogens with one attached hydrogen (secondary N) is 1. The summed E-state index contributed by atoms with van der Waals surface area (Å²) in [5.41, 5.74) is -0.0199. The molecular weight excluding hydrogens is 309 g/mol. The maximum absolute atomic E-state index is 13.4. The molecule has 0 spiro atoms. The van der Waals surface area contributed by atoms with Crippen molar-refractivity contribution in [2.45, 2.75) is 12.2 Å². The van der Waals surface area contributed by atoms with E-state index in [1.54, 1.807) is 13.2 Å². The van der Waals surface area contributed by atoms with Crippen molar-refractivity contribution in [2.75, 3.05) is 12.8 Å². The Morgan fingerprint density at radius 3 is 2.82 bits per heavy atom. The lowest BCUT2D eigenvalue weighted by atomic mass is 10.2. The van der Waals surface area contributed by atoms with Gasteiger partial charge in [-0.1, -0.05) is 15.9 Å². The average Bonchev–Trinajstić information content (AvgIpc) is 2.28. The molecule has 0 aromatic heterocycles. The van der Waals surface area contributed by atoms with Crippen molar-refractivity contribution in [3.8, 4) is 0 Å². The standard InChI is InChI=1S/C11H13BrFNO2S/c1-7(17(2)16)6-14-11(15)9-5-8(12)3-4-10(9)13/h3-5,7H,6H2,1-2H3,(H,14,15). The van der Waals surface area contributed by atoms with E-state index in [2.05, 4.69) is 21.2 Å². The van der Waals surface area contributed by atoms with Gasteiger partial charge in [-0.05, 0) is 25.1 Å². The number of carbonyl (C=O) groups is 1. The summed E-state index contributed by atoms with van der Waals surface area (Å²) in [5, 5.41) is 2.40. The van der Waals surface area contributed by atoms with E-state index in [0.29, 0.717) is 4.47 Å². The molecule has 0 heterocycles. The molecule has 2 unspecified atom stereocenters. The molecule has 1 rings (SSSR count). The number of carbonyl (C=O) groups excluding carboxylic acids is 1. The Morgan fingerprint density at radius 2 is 2.24 bits per heavy atom. The number of halogens is 2. The van der Waals surface area contributed by atoms with Crippen molar-refractivity contribution in [2.24, 2.45) is 0 Å². The smallest absolute Gasteiger partial charge is 0.254 e. The fourth-order valence-electron chi connectivity index (χ4n) is 1.12. The van der Waals surface area contributed by atoms with Gasteiger partial charge in [0, 0.05) is 33.3 Å². The van der Waals surface area contributed by atoms with Crippen LogP contribution in [0.3, 0.4) is 0 Å². The fraction of sp³-hybridized carbons (Fsp3) is 0.364. The highest BCUT2D eigenvalue weighted by molar-refractivity contribution is 9.10. The predicted octanol–water partition coefficient (Wildman–Crippen LogP) is 2.08.